The molecule has 3 aliphatic heterocycles. The van der Waals surface area contributed by atoms with Gasteiger partial charge in [0.1, 0.15) is 13.2 Å². The highest BCUT2D eigenvalue weighted by Crippen LogP contribution is 2.45. The Hall–Kier alpha value is -3.63. The first kappa shape index (κ1) is 27.5. The molecule has 41 heavy (non-hydrogen) atoms. The molecule has 2 aromatic carbocycles. The molecule has 4 heterocycles. The number of ether oxygens (including phenoxy) is 2. The van der Waals surface area contributed by atoms with Gasteiger partial charge >= 0.3 is 6.01 Å². The molecule has 216 valence electrons. The molecule has 9 nitrogen and oxygen atoms in total. The van der Waals surface area contributed by atoms with Crippen LogP contribution in [0.15, 0.2) is 48.8 Å². The number of piperazine rings is 1. The number of benzene rings is 2. The average Bonchev–Trinajstić information content (AvgIpc) is 3.40. The topological polar surface area (TPSA) is 74.3 Å². The summed E-state index contributed by atoms with van der Waals surface area (Å²) in [5.41, 5.74) is 1.05. The largest absolute Gasteiger partial charge is 0.484 e. The second kappa shape index (κ2) is 11.3. The number of hydrogen-bond donors (Lipinski definition) is 0. The molecule has 0 bridgehead atoms. The van der Waals surface area contributed by atoms with E-state index in [0.717, 1.165) is 35.7 Å². The van der Waals surface area contributed by atoms with Crippen LogP contribution in [0.2, 0.25) is 5.02 Å². The fraction of sp³-hybridized carbons (Fsp3) is 0.433. The van der Waals surface area contributed by atoms with Crippen molar-refractivity contribution in [2.45, 2.75) is 24.9 Å². The molecule has 0 saturated carbocycles. The van der Waals surface area contributed by atoms with E-state index in [4.69, 9.17) is 31.0 Å². The van der Waals surface area contributed by atoms with Crippen LogP contribution in [-0.4, -0.2) is 91.7 Å². The molecule has 6 rings (SSSR count). The number of amides is 1. The van der Waals surface area contributed by atoms with E-state index in [0.29, 0.717) is 67.8 Å². The predicted molar refractivity (Wildman–Crippen MR) is 158 cm³/mol. The van der Waals surface area contributed by atoms with Crippen LogP contribution in [0, 0.1) is 0 Å². The van der Waals surface area contributed by atoms with Crippen LogP contribution in [0.1, 0.15) is 24.4 Å². The number of anilines is 2. The van der Waals surface area contributed by atoms with Gasteiger partial charge < -0.3 is 29.1 Å². The van der Waals surface area contributed by atoms with Gasteiger partial charge in [-0.2, -0.15) is 9.97 Å². The van der Waals surface area contributed by atoms with E-state index in [1.165, 1.54) is 4.90 Å². The van der Waals surface area contributed by atoms with Gasteiger partial charge in [0.15, 0.2) is 17.5 Å². The fourth-order valence-electron chi connectivity index (χ4n) is 6.03. The lowest BCUT2D eigenvalue weighted by Crippen LogP contribution is -2.49. The van der Waals surface area contributed by atoms with Gasteiger partial charge in [0, 0.05) is 49.7 Å². The summed E-state index contributed by atoms with van der Waals surface area (Å²) in [6.07, 6.45) is 2.21. The summed E-state index contributed by atoms with van der Waals surface area (Å²) in [4.78, 5) is 29.7. The number of carbonyl (C=O) groups excluding carboxylic acids is 1. The summed E-state index contributed by atoms with van der Waals surface area (Å²) >= 11 is 6.68. The number of likely N-dealkylation sites (tertiary alicyclic amines) is 1. The number of aromatic nitrogens is 2. The summed E-state index contributed by atoms with van der Waals surface area (Å²) in [7, 11) is 4.10. The standard InChI is InChI=1S/C30H34ClFN6O3/c1-19(32)29(39)38-15-13-37(14-16-38)28-26-27(33-30(34-28)41-17-21-9-6-12-35(21)2)36(3)24(18-40-26)22-10-4-7-20-8-5-11-23(31)25(20)22/h4-5,7-8,10-11,21,24H,1,6,9,12-18H2,2-3H3/t21-,24?/m0/s1. The van der Waals surface area contributed by atoms with Crippen LogP contribution in [0.3, 0.4) is 0 Å². The molecule has 11 heteroatoms. The summed E-state index contributed by atoms with van der Waals surface area (Å²) in [5.74, 6) is 0.176. The van der Waals surface area contributed by atoms with Crippen molar-refractivity contribution in [3.8, 4) is 11.8 Å². The quantitative estimate of drug-likeness (QED) is 0.396. The molecular formula is C30H34ClFN6O3. The molecule has 0 radical (unpaired) electrons. The summed E-state index contributed by atoms with van der Waals surface area (Å²) in [6, 6.07) is 12.5. The first-order valence-corrected chi connectivity index (χ1v) is 14.4. The molecule has 0 aliphatic carbocycles. The lowest BCUT2D eigenvalue weighted by Gasteiger charge is -2.39. The van der Waals surface area contributed by atoms with Gasteiger partial charge in [0.05, 0.1) is 6.04 Å². The number of fused-ring (bicyclic) bond motifs is 2. The van der Waals surface area contributed by atoms with Gasteiger partial charge in [0.2, 0.25) is 5.75 Å². The number of hydrogen-bond acceptors (Lipinski definition) is 8. The van der Waals surface area contributed by atoms with Crippen LogP contribution >= 0.6 is 11.6 Å². The maximum absolute atomic E-state index is 13.5. The molecule has 2 fully saturated rings. The Morgan fingerprint density at radius 1 is 1.10 bits per heavy atom. The molecule has 3 aromatic rings. The van der Waals surface area contributed by atoms with Crippen molar-refractivity contribution in [2.24, 2.45) is 0 Å². The zero-order chi connectivity index (χ0) is 28.7. The van der Waals surface area contributed by atoms with Gasteiger partial charge in [-0.05, 0) is 43.5 Å². The lowest BCUT2D eigenvalue weighted by molar-refractivity contribution is -0.128. The van der Waals surface area contributed by atoms with E-state index in [9.17, 15) is 9.18 Å². The maximum atomic E-state index is 13.5. The average molecular weight is 581 g/mol. The second-order valence-electron chi connectivity index (χ2n) is 10.9. The minimum absolute atomic E-state index is 0.146. The Kier molecular flexibility index (Phi) is 7.61. The predicted octanol–water partition coefficient (Wildman–Crippen LogP) is 4.46. The van der Waals surface area contributed by atoms with Gasteiger partial charge in [-0.3, -0.25) is 4.79 Å². The van der Waals surface area contributed by atoms with E-state index < -0.39 is 11.7 Å². The number of halogens is 2. The first-order chi connectivity index (χ1) is 19.8. The Bertz CT molecular complexity index is 1470. The van der Waals surface area contributed by atoms with Gasteiger partial charge in [0.25, 0.3) is 5.91 Å². The van der Waals surface area contributed by atoms with E-state index in [2.05, 4.69) is 41.6 Å². The minimum atomic E-state index is -0.949. The summed E-state index contributed by atoms with van der Waals surface area (Å²) in [5, 5.41) is 2.74. The second-order valence-corrected chi connectivity index (χ2v) is 11.3. The number of carbonyl (C=O) groups is 1. The van der Waals surface area contributed by atoms with Crippen molar-refractivity contribution in [3.05, 3.63) is 59.4 Å². The van der Waals surface area contributed by atoms with E-state index in [1.807, 2.05) is 30.1 Å². The summed E-state index contributed by atoms with van der Waals surface area (Å²) in [6.45, 7) is 6.67. The van der Waals surface area contributed by atoms with E-state index >= 15 is 0 Å². The van der Waals surface area contributed by atoms with Crippen LogP contribution in [0.4, 0.5) is 16.0 Å². The Balaban J connectivity index is 1.34. The highest BCUT2D eigenvalue weighted by atomic mass is 35.5. The number of nitrogens with zero attached hydrogens (tertiary/aromatic N) is 6. The normalized spacial score (nSPS) is 21.1. The minimum Gasteiger partial charge on any atom is -0.484 e. The Morgan fingerprint density at radius 3 is 2.54 bits per heavy atom. The third kappa shape index (κ3) is 5.26. The zero-order valence-electron chi connectivity index (χ0n) is 23.4. The molecular weight excluding hydrogens is 547 g/mol. The third-order valence-electron chi connectivity index (χ3n) is 8.42. The van der Waals surface area contributed by atoms with Crippen LogP contribution < -0.4 is 19.3 Å². The van der Waals surface area contributed by atoms with Crippen molar-refractivity contribution in [1.29, 1.82) is 0 Å². The highest BCUT2D eigenvalue weighted by Gasteiger charge is 2.35. The van der Waals surface area contributed by atoms with Crippen molar-refractivity contribution in [3.63, 3.8) is 0 Å². The monoisotopic (exact) mass is 580 g/mol. The molecule has 0 N–H and O–H groups in total. The molecule has 1 unspecified atom stereocenters. The molecule has 1 aromatic heterocycles. The van der Waals surface area contributed by atoms with Gasteiger partial charge in [-0.1, -0.05) is 48.5 Å². The van der Waals surface area contributed by atoms with E-state index in [1.54, 1.807) is 0 Å². The fourth-order valence-corrected chi connectivity index (χ4v) is 6.32. The number of rotatable bonds is 6. The number of likely N-dealkylation sites (N-methyl/N-ethyl adjacent to an activating group) is 2. The van der Waals surface area contributed by atoms with Crippen molar-refractivity contribution < 1.29 is 18.7 Å². The van der Waals surface area contributed by atoms with Gasteiger partial charge in [-0.15, -0.1) is 0 Å². The first-order valence-electron chi connectivity index (χ1n) is 14.0. The van der Waals surface area contributed by atoms with Crippen molar-refractivity contribution in [1.82, 2.24) is 19.8 Å². The van der Waals surface area contributed by atoms with Crippen molar-refractivity contribution in [2.75, 3.05) is 69.8 Å². The van der Waals surface area contributed by atoms with Crippen LogP contribution in [-0.2, 0) is 4.79 Å². The Labute approximate surface area is 244 Å². The lowest BCUT2D eigenvalue weighted by atomic mass is 9.97. The zero-order valence-corrected chi connectivity index (χ0v) is 24.1. The smallest absolute Gasteiger partial charge is 0.320 e. The van der Waals surface area contributed by atoms with Crippen molar-refractivity contribution >= 4 is 39.9 Å². The van der Waals surface area contributed by atoms with Crippen LogP contribution in [0.5, 0.6) is 11.8 Å². The molecule has 2 atom stereocenters. The summed E-state index contributed by atoms with van der Waals surface area (Å²) < 4.78 is 26.1. The molecule has 2 saturated heterocycles. The molecule has 3 aliphatic rings. The van der Waals surface area contributed by atoms with Gasteiger partial charge in [-0.25, -0.2) is 4.39 Å². The molecule has 0 spiro atoms. The van der Waals surface area contributed by atoms with E-state index in [-0.39, 0.29) is 12.1 Å². The molecule has 1 amide bonds. The highest BCUT2D eigenvalue weighted by molar-refractivity contribution is 6.35. The third-order valence-corrected chi connectivity index (χ3v) is 8.73. The maximum Gasteiger partial charge on any atom is 0.320 e. The van der Waals surface area contributed by atoms with Crippen LogP contribution in [0.25, 0.3) is 10.8 Å². The Morgan fingerprint density at radius 2 is 1.83 bits per heavy atom. The SMILES string of the molecule is C=C(F)C(=O)N1CCN(c2nc(OC[C@@H]3CCCN3C)nc3c2OCC(c2cccc4cccc(Cl)c24)N3C)CC1.